The van der Waals surface area contributed by atoms with Gasteiger partial charge >= 0.3 is 0 Å². The average Bonchev–Trinajstić information content (AvgIpc) is 3.11. The Balaban J connectivity index is 1.88. The molecule has 150 valence electrons. The van der Waals surface area contributed by atoms with Crippen LogP contribution in [0.2, 0.25) is 0 Å². The molecular formula is C21H21N3O4S. The topological polar surface area (TPSA) is 94.4 Å². The molecule has 2 aromatic carbocycles. The number of benzene rings is 2. The van der Waals surface area contributed by atoms with Crippen LogP contribution in [0.4, 0.5) is 10.8 Å². The van der Waals surface area contributed by atoms with Gasteiger partial charge < -0.3 is 4.74 Å². The molecule has 0 fully saturated rings. The SMILES string of the molecule is CCCc1sc(NC(=O)c2ccccc2[N+](=O)[O-])nc1-c1ccc(OCC)cc1. The number of aromatic nitrogens is 1. The molecule has 3 rings (SSSR count). The molecular weight excluding hydrogens is 390 g/mol. The molecule has 0 atom stereocenters. The van der Waals surface area contributed by atoms with Crippen molar-refractivity contribution in [1.29, 1.82) is 0 Å². The second kappa shape index (κ2) is 9.29. The minimum atomic E-state index is -0.565. The monoisotopic (exact) mass is 411 g/mol. The van der Waals surface area contributed by atoms with Crippen molar-refractivity contribution in [3.63, 3.8) is 0 Å². The van der Waals surface area contributed by atoms with Gasteiger partial charge in [-0.25, -0.2) is 4.98 Å². The number of aryl methyl sites for hydroxylation is 1. The first-order chi connectivity index (χ1) is 14.0. The van der Waals surface area contributed by atoms with E-state index in [1.807, 2.05) is 31.2 Å². The highest BCUT2D eigenvalue weighted by Crippen LogP contribution is 2.33. The van der Waals surface area contributed by atoms with Crippen molar-refractivity contribution in [2.45, 2.75) is 26.7 Å². The lowest BCUT2D eigenvalue weighted by Gasteiger charge is -2.05. The van der Waals surface area contributed by atoms with Crippen molar-refractivity contribution in [3.8, 4) is 17.0 Å². The minimum absolute atomic E-state index is 0.00681. The van der Waals surface area contributed by atoms with Crippen LogP contribution in [-0.2, 0) is 6.42 Å². The quantitative estimate of drug-likeness (QED) is 0.400. The van der Waals surface area contributed by atoms with Crippen molar-refractivity contribution in [3.05, 3.63) is 69.1 Å². The molecule has 0 aliphatic heterocycles. The summed E-state index contributed by atoms with van der Waals surface area (Å²) < 4.78 is 5.48. The van der Waals surface area contributed by atoms with Gasteiger partial charge in [0.25, 0.3) is 11.6 Å². The summed E-state index contributed by atoms with van der Waals surface area (Å²) in [5, 5.41) is 14.3. The van der Waals surface area contributed by atoms with Crippen LogP contribution >= 0.6 is 11.3 Å². The summed E-state index contributed by atoms with van der Waals surface area (Å²) in [6.07, 6.45) is 1.76. The van der Waals surface area contributed by atoms with Crippen LogP contribution in [0.1, 0.15) is 35.5 Å². The largest absolute Gasteiger partial charge is 0.494 e. The lowest BCUT2D eigenvalue weighted by Crippen LogP contribution is -2.13. The van der Waals surface area contributed by atoms with Gasteiger partial charge in [-0.1, -0.05) is 25.5 Å². The van der Waals surface area contributed by atoms with Crippen molar-refractivity contribution in [1.82, 2.24) is 4.98 Å². The summed E-state index contributed by atoms with van der Waals surface area (Å²) in [6.45, 7) is 4.60. The Labute approximate surface area is 172 Å². The van der Waals surface area contributed by atoms with Crippen molar-refractivity contribution < 1.29 is 14.5 Å². The van der Waals surface area contributed by atoms with Crippen LogP contribution in [0.5, 0.6) is 5.75 Å². The molecule has 0 aliphatic carbocycles. The van der Waals surface area contributed by atoms with Gasteiger partial charge in [0.15, 0.2) is 5.13 Å². The number of para-hydroxylation sites is 1. The van der Waals surface area contributed by atoms with Crippen molar-refractivity contribution >= 4 is 28.1 Å². The third-order valence-electron chi connectivity index (χ3n) is 4.18. The molecule has 1 amide bonds. The van der Waals surface area contributed by atoms with Crippen molar-refractivity contribution in [2.75, 3.05) is 11.9 Å². The number of ether oxygens (including phenoxy) is 1. The molecule has 0 unspecified atom stereocenters. The fourth-order valence-corrected chi connectivity index (χ4v) is 3.97. The number of hydrogen-bond donors (Lipinski definition) is 1. The molecule has 0 saturated heterocycles. The number of nitro groups is 1. The Morgan fingerprint density at radius 2 is 1.90 bits per heavy atom. The smallest absolute Gasteiger partial charge is 0.282 e. The zero-order chi connectivity index (χ0) is 20.8. The number of nitrogens with zero attached hydrogens (tertiary/aromatic N) is 2. The maximum absolute atomic E-state index is 12.6. The van der Waals surface area contributed by atoms with E-state index in [9.17, 15) is 14.9 Å². The first-order valence-electron chi connectivity index (χ1n) is 9.31. The van der Waals surface area contributed by atoms with Gasteiger partial charge in [0.05, 0.1) is 17.2 Å². The van der Waals surface area contributed by atoms with Crippen LogP contribution in [-0.4, -0.2) is 22.4 Å². The van der Waals surface area contributed by atoms with Gasteiger partial charge in [0.2, 0.25) is 0 Å². The van der Waals surface area contributed by atoms with Gasteiger partial charge in [0.1, 0.15) is 11.3 Å². The minimum Gasteiger partial charge on any atom is -0.494 e. The van der Waals surface area contributed by atoms with E-state index in [-0.39, 0.29) is 11.3 Å². The summed E-state index contributed by atoms with van der Waals surface area (Å²) >= 11 is 1.39. The summed E-state index contributed by atoms with van der Waals surface area (Å²) in [4.78, 5) is 28.9. The lowest BCUT2D eigenvalue weighted by molar-refractivity contribution is -0.385. The Morgan fingerprint density at radius 3 is 2.55 bits per heavy atom. The number of thiazole rings is 1. The van der Waals surface area contributed by atoms with Crippen LogP contribution in [0, 0.1) is 10.1 Å². The van der Waals surface area contributed by atoms with E-state index in [1.54, 1.807) is 6.07 Å². The molecule has 3 aromatic rings. The standard InChI is InChI=1S/C21H21N3O4S/c1-3-7-18-19(14-10-12-15(13-11-14)28-4-2)22-21(29-18)23-20(25)16-8-5-6-9-17(16)24(26)27/h5-6,8-13H,3-4,7H2,1-2H3,(H,22,23,25). The second-order valence-corrected chi connectivity index (χ2v) is 7.31. The molecule has 29 heavy (non-hydrogen) atoms. The highest BCUT2D eigenvalue weighted by atomic mass is 32.1. The first-order valence-corrected chi connectivity index (χ1v) is 10.1. The lowest BCUT2D eigenvalue weighted by atomic mass is 10.1. The molecule has 0 bridgehead atoms. The van der Waals surface area contributed by atoms with Gasteiger partial charge in [-0.15, -0.1) is 11.3 Å². The van der Waals surface area contributed by atoms with Crippen LogP contribution in [0.15, 0.2) is 48.5 Å². The highest BCUT2D eigenvalue weighted by molar-refractivity contribution is 7.16. The number of carbonyl (C=O) groups is 1. The van der Waals surface area contributed by atoms with E-state index in [1.165, 1.54) is 29.5 Å². The summed E-state index contributed by atoms with van der Waals surface area (Å²) in [6, 6.07) is 13.5. The molecule has 0 spiro atoms. The van der Waals surface area contributed by atoms with E-state index in [4.69, 9.17) is 4.74 Å². The zero-order valence-corrected chi connectivity index (χ0v) is 17.0. The molecule has 0 aliphatic rings. The van der Waals surface area contributed by atoms with Crippen LogP contribution in [0.25, 0.3) is 11.3 Å². The molecule has 1 aromatic heterocycles. The molecule has 7 nitrogen and oxygen atoms in total. The predicted octanol–water partition coefficient (Wildman–Crippen LogP) is 5.32. The third-order valence-corrected chi connectivity index (χ3v) is 5.21. The number of rotatable bonds is 8. The fraction of sp³-hybridized carbons (Fsp3) is 0.238. The highest BCUT2D eigenvalue weighted by Gasteiger charge is 2.21. The van der Waals surface area contributed by atoms with Crippen molar-refractivity contribution in [2.24, 2.45) is 0 Å². The second-order valence-electron chi connectivity index (χ2n) is 6.23. The predicted molar refractivity (Wildman–Crippen MR) is 114 cm³/mol. The summed E-state index contributed by atoms with van der Waals surface area (Å²) in [5.74, 6) is 0.237. The van der Waals surface area contributed by atoms with Gasteiger partial charge in [-0.3, -0.25) is 20.2 Å². The molecule has 1 N–H and O–H groups in total. The van der Waals surface area contributed by atoms with E-state index >= 15 is 0 Å². The third kappa shape index (κ3) is 4.78. The molecule has 0 saturated carbocycles. The Kier molecular flexibility index (Phi) is 6.56. The average molecular weight is 411 g/mol. The Hall–Kier alpha value is -3.26. The summed E-state index contributed by atoms with van der Waals surface area (Å²) in [5.41, 5.74) is 1.51. The molecule has 1 heterocycles. The maximum Gasteiger partial charge on any atom is 0.282 e. The van der Waals surface area contributed by atoms with E-state index in [2.05, 4.69) is 17.2 Å². The Morgan fingerprint density at radius 1 is 1.17 bits per heavy atom. The number of carbonyl (C=O) groups excluding carboxylic acids is 1. The fourth-order valence-electron chi connectivity index (χ4n) is 2.89. The number of nitrogens with one attached hydrogen (secondary N) is 1. The number of amides is 1. The number of hydrogen-bond acceptors (Lipinski definition) is 6. The van der Waals surface area contributed by atoms with Gasteiger partial charge in [0, 0.05) is 16.5 Å². The number of anilines is 1. The first kappa shape index (κ1) is 20.5. The van der Waals surface area contributed by atoms with Crippen LogP contribution < -0.4 is 10.1 Å². The van der Waals surface area contributed by atoms with Gasteiger partial charge in [-0.05, 0) is 43.7 Å². The van der Waals surface area contributed by atoms with E-state index in [0.717, 1.165) is 34.7 Å². The maximum atomic E-state index is 12.6. The zero-order valence-electron chi connectivity index (χ0n) is 16.2. The Bertz CT molecular complexity index is 1020. The van der Waals surface area contributed by atoms with E-state index < -0.39 is 10.8 Å². The normalized spacial score (nSPS) is 10.6. The number of nitro benzene ring substituents is 1. The van der Waals surface area contributed by atoms with E-state index in [0.29, 0.717) is 11.7 Å². The molecule has 0 radical (unpaired) electrons. The van der Waals surface area contributed by atoms with Crippen LogP contribution in [0.3, 0.4) is 0 Å². The van der Waals surface area contributed by atoms with Gasteiger partial charge in [-0.2, -0.15) is 0 Å². The summed E-state index contributed by atoms with van der Waals surface area (Å²) in [7, 11) is 0. The molecule has 8 heteroatoms.